The lowest BCUT2D eigenvalue weighted by Crippen LogP contribution is -2.75. The predicted octanol–water partition coefficient (Wildman–Crippen LogP) is 5.88. The van der Waals surface area contributed by atoms with Gasteiger partial charge in [-0.1, -0.05) is 40.9 Å². The van der Waals surface area contributed by atoms with E-state index >= 15 is 0 Å². The minimum atomic E-state index is -0.173. The molecule has 5 rings (SSSR count). The number of hydrogen-bond acceptors (Lipinski definition) is 4. The van der Waals surface area contributed by atoms with Gasteiger partial charge in [-0.15, -0.1) is 0 Å². The Bertz CT molecular complexity index is 1010. The first kappa shape index (κ1) is 23.2. The van der Waals surface area contributed by atoms with Crippen LogP contribution in [0.15, 0.2) is 42.5 Å². The van der Waals surface area contributed by atoms with Crippen LogP contribution in [0.1, 0.15) is 38.5 Å². The number of carbonyl (C=O) groups excluding carboxylic acids is 2. The Hall–Kier alpha value is -1.95. The number of rotatable bonds is 11. The molecule has 0 aliphatic heterocycles. The molecular weight excluding hydrogens is 473 g/mol. The van der Waals surface area contributed by atoms with E-state index in [1.807, 2.05) is 12.1 Å². The van der Waals surface area contributed by atoms with Crippen LogP contribution >= 0.6 is 34.8 Å². The van der Waals surface area contributed by atoms with E-state index < -0.39 is 0 Å². The maximum Gasteiger partial charge on any atom is 0.258 e. The van der Waals surface area contributed by atoms with Gasteiger partial charge in [-0.3, -0.25) is 9.59 Å². The van der Waals surface area contributed by atoms with Crippen molar-refractivity contribution < 1.29 is 19.1 Å². The Morgan fingerprint density at radius 3 is 2.41 bits per heavy atom. The van der Waals surface area contributed by atoms with E-state index in [4.69, 9.17) is 44.3 Å². The van der Waals surface area contributed by atoms with E-state index in [-0.39, 0.29) is 29.3 Å². The number of hydrogen-bond donors (Lipinski definition) is 1. The van der Waals surface area contributed by atoms with Gasteiger partial charge < -0.3 is 14.8 Å². The minimum absolute atomic E-state index is 0.0583. The molecule has 32 heavy (non-hydrogen) atoms. The first-order valence-electron chi connectivity index (χ1n) is 10.6. The number of ether oxygens (including phenoxy) is 2. The van der Waals surface area contributed by atoms with Crippen LogP contribution in [-0.4, -0.2) is 30.4 Å². The Labute approximate surface area is 202 Å². The average molecular weight is 497 g/mol. The monoisotopic (exact) mass is 495 g/mol. The zero-order chi connectivity index (χ0) is 22.8. The van der Waals surface area contributed by atoms with E-state index in [9.17, 15) is 9.59 Å². The molecule has 0 radical (unpaired) electrons. The summed E-state index contributed by atoms with van der Waals surface area (Å²) in [7, 11) is 0. The van der Waals surface area contributed by atoms with E-state index in [2.05, 4.69) is 5.32 Å². The van der Waals surface area contributed by atoms with Crippen LogP contribution in [0, 0.1) is 5.41 Å². The summed E-state index contributed by atoms with van der Waals surface area (Å²) in [5.41, 5.74) is -0.114. The fourth-order valence-electron chi connectivity index (χ4n) is 4.89. The van der Waals surface area contributed by atoms with Crippen molar-refractivity contribution in [3.63, 3.8) is 0 Å². The Balaban J connectivity index is 1.11. The van der Waals surface area contributed by atoms with Crippen molar-refractivity contribution >= 4 is 46.5 Å². The number of benzene rings is 2. The van der Waals surface area contributed by atoms with Gasteiger partial charge in [0.15, 0.2) is 6.61 Å². The van der Waals surface area contributed by atoms with Crippen molar-refractivity contribution in [2.24, 2.45) is 5.41 Å². The largest absolute Gasteiger partial charge is 0.494 e. The van der Waals surface area contributed by atoms with Crippen LogP contribution in [-0.2, 0) is 9.59 Å². The van der Waals surface area contributed by atoms with Gasteiger partial charge in [-0.05, 0) is 61.4 Å². The zero-order valence-electron chi connectivity index (χ0n) is 17.5. The second-order valence-electron chi connectivity index (χ2n) is 8.85. The highest BCUT2D eigenvalue weighted by Gasteiger charge is 2.68. The SMILES string of the molecule is O=C(CCCOc1cccc(Cl)c1)CC12CC(NC(=O)COc3ccc(Cl)c(Cl)c3)(C1)C2. The Morgan fingerprint density at radius 1 is 0.938 bits per heavy atom. The number of amides is 1. The molecule has 2 aromatic rings. The summed E-state index contributed by atoms with van der Waals surface area (Å²) in [6.07, 6.45) is 4.30. The van der Waals surface area contributed by atoms with Gasteiger partial charge in [0.2, 0.25) is 0 Å². The quantitative estimate of drug-likeness (QED) is 0.394. The molecule has 1 amide bonds. The lowest BCUT2D eigenvalue weighted by molar-refractivity contribution is -0.173. The van der Waals surface area contributed by atoms with Crippen LogP contribution < -0.4 is 14.8 Å². The summed E-state index contributed by atoms with van der Waals surface area (Å²) < 4.78 is 11.1. The molecule has 3 aliphatic carbocycles. The first-order valence-corrected chi connectivity index (χ1v) is 11.7. The van der Waals surface area contributed by atoms with E-state index in [0.717, 1.165) is 19.3 Å². The molecule has 5 nitrogen and oxygen atoms in total. The fraction of sp³-hybridized carbons (Fsp3) is 0.417. The number of halogens is 3. The van der Waals surface area contributed by atoms with Gasteiger partial charge in [0.1, 0.15) is 17.3 Å². The lowest BCUT2D eigenvalue weighted by atomic mass is 9.38. The molecule has 0 atom stereocenters. The predicted molar refractivity (Wildman–Crippen MR) is 125 cm³/mol. The number of Topliss-reactive ketones (excluding diaryl/α,β-unsaturated/α-hetero) is 1. The highest BCUT2D eigenvalue weighted by molar-refractivity contribution is 6.42. The maximum absolute atomic E-state index is 12.4. The molecule has 0 heterocycles. The highest BCUT2D eigenvalue weighted by atomic mass is 35.5. The van der Waals surface area contributed by atoms with Gasteiger partial charge >= 0.3 is 0 Å². The second-order valence-corrected chi connectivity index (χ2v) is 10.1. The molecule has 0 unspecified atom stereocenters. The molecule has 3 saturated carbocycles. The standard InChI is InChI=1S/C24H24Cl3NO4/c25-16-3-1-5-18(9-16)31-8-2-4-17(29)11-23-13-24(14-23,15-23)28-22(30)12-32-19-6-7-20(26)21(27)10-19/h1,3,5-7,9-10H,2,4,8,11-15H2,(H,28,30). The first-order chi connectivity index (χ1) is 15.3. The third kappa shape index (κ3) is 5.51. The molecule has 0 saturated heterocycles. The summed E-state index contributed by atoms with van der Waals surface area (Å²) in [6.45, 7) is 0.399. The fourth-order valence-corrected chi connectivity index (χ4v) is 5.36. The van der Waals surface area contributed by atoms with Crippen molar-refractivity contribution in [2.75, 3.05) is 13.2 Å². The van der Waals surface area contributed by atoms with Gasteiger partial charge in [-0.25, -0.2) is 0 Å². The number of ketones is 1. The topological polar surface area (TPSA) is 64.6 Å². The third-order valence-corrected chi connectivity index (χ3v) is 7.02. The normalized spacial score (nSPS) is 23.0. The average Bonchev–Trinajstić information content (AvgIpc) is 2.70. The van der Waals surface area contributed by atoms with Crippen LogP contribution in [0.25, 0.3) is 0 Å². The van der Waals surface area contributed by atoms with Crippen LogP contribution in [0.4, 0.5) is 0 Å². The Morgan fingerprint density at radius 2 is 1.69 bits per heavy atom. The van der Waals surface area contributed by atoms with E-state index in [1.165, 1.54) is 0 Å². The summed E-state index contributed by atoms with van der Waals surface area (Å²) in [5.74, 6) is 1.29. The molecule has 0 spiro atoms. The van der Waals surface area contributed by atoms with Crippen LogP contribution in [0.2, 0.25) is 15.1 Å². The van der Waals surface area contributed by atoms with E-state index in [0.29, 0.717) is 52.4 Å². The second kappa shape index (κ2) is 9.50. The van der Waals surface area contributed by atoms with Gasteiger partial charge in [0.05, 0.1) is 16.7 Å². The van der Waals surface area contributed by atoms with Crippen molar-refractivity contribution in [1.82, 2.24) is 5.32 Å². The van der Waals surface area contributed by atoms with Crippen LogP contribution in [0.5, 0.6) is 11.5 Å². The van der Waals surface area contributed by atoms with Crippen molar-refractivity contribution in [3.05, 3.63) is 57.5 Å². The third-order valence-electron chi connectivity index (χ3n) is 6.04. The molecule has 8 heteroatoms. The molecular formula is C24H24Cl3NO4. The van der Waals surface area contributed by atoms with Crippen molar-refractivity contribution in [3.8, 4) is 11.5 Å². The van der Waals surface area contributed by atoms with Gasteiger partial charge in [0, 0.05) is 29.5 Å². The zero-order valence-corrected chi connectivity index (χ0v) is 19.7. The maximum atomic E-state index is 12.4. The summed E-state index contributed by atoms with van der Waals surface area (Å²) in [6, 6.07) is 12.1. The smallest absolute Gasteiger partial charge is 0.258 e. The minimum Gasteiger partial charge on any atom is -0.494 e. The van der Waals surface area contributed by atoms with Crippen molar-refractivity contribution in [2.45, 2.75) is 44.1 Å². The Kier molecular flexibility index (Phi) is 6.89. The number of carbonyl (C=O) groups is 2. The summed E-state index contributed by atoms with van der Waals surface area (Å²) in [4.78, 5) is 24.6. The molecule has 1 N–H and O–H groups in total. The number of nitrogens with one attached hydrogen (secondary N) is 1. The molecule has 170 valence electrons. The summed E-state index contributed by atoms with van der Waals surface area (Å²) >= 11 is 17.8. The molecule has 0 aromatic heterocycles. The van der Waals surface area contributed by atoms with E-state index in [1.54, 1.807) is 30.3 Å². The summed E-state index contributed by atoms with van der Waals surface area (Å²) in [5, 5.41) is 4.51. The lowest BCUT2D eigenvalue weighted by Gasteiger charge is -2.70. The van der Waals surface area contributed by atoms with Gasteiger partial charge in [-0.2, -0.15) is 0 Å². The highest BCUT2D eigenvalue weighted by Crippen LogP contribution is 2.69. The van der Waals surface area contributed by atoms with Crippen molar-refractivity contribution in [1.29, 1.82) is 0 Å². The molecule has 3 aliphatic rings. The van der Waals surface area contributed by atoms with Gasteiger partial charge in [0.25, 0.3) is 5.91 Å². The molecule has 2 bridgehead atoms. The molecule has 2 aromatic carbocycles. The van der Waals surface area contributed by atoms with Crippen LogP contribution in [0.3, 0.4) is 0 Å². The molecule has 3 fully saturated rings.